The van der Waals surface area contributed by atoms with Crippen LogP contribution in [0.2, 0.25) is 0 Å². The second-order valence-corrected chi connectivity index (χ2v) is 6.64. The minimum absolute atomic E-state index is 0.241. The zero-order chi connectivity index (χ0) is 17.3. The van der Waals surface area contributed by atoms with E-state index >= 15 is 0 Å². The molecule has 0 atom stereocenters. The molecule has 0 spiro atoms. The average Bonchev–Trinajstić information content (AvgIpc) is 2.90. The number of anilines is 1. The van der Waals surface area contributed by atoms with Gasteiger partial charge in [-0.05, 0) is 42.5 Å². The summed E-state index contributed by atoms with van der Waals surface area (Å²) in [4.78, 5) is 19.4. The number of fused-ring (bicyclic) bond motifs is 1. The van der Waals surface area contributed by atoms with Gasteiger partial charge in [-0.1, -0.05) is 11.3 Å². The number of carbonyl (C=O) groups is 1. The molecule has 1 heterocycles. The van der Waals surface area contributed by atoms with Crippen LogP contribution in [0.25, 0.3) is 10.2 Å². The smallest absolute Gasteiger partial charge is 0.279 e. The van der Waals surface area contributed by atoms with Crippen molar-refractivity contribution in [1.82, 2.24) is 4.57 Å². The number of nitrogens with zero attached hydrogens (tertiary/aromatic N) is 3. The number of aryl methyl sites for hydroxylation is 1. The van der Waals surface area contributed by atoms with E-state index in [2.05, 4.69) is 4.99 Å². The average molecular weight is 341 g/mol. The fourth-order valence-electron chi connectivity index (χ4n) is 2.40. The van der Waals surface area contributed by atoms with Crippen molar-refractivity contribution in [3.05, 3.63) is 52.8 Å². The van der Waals surface area contributed by atoms with Gasteiger partial charge in [0, 0.05) is 32.4 Å². The Morgan fingerprint density at radius 2 is 1.88 bits per heavy atom. The summed E-state index contributed by atoms with van der Waals surface area (Å²) in [5.74, 6) is 0.552. The van der Waals surface area contributed by atoms with E-state index in [9.17, 15) is 4.79 Å². The predicted octanol–water partition coefficient (Wildman–Crippen LogP) is 3.06. The van der Waals surface area contributed by atoms with Gasteiger partial charge in [-0.2, -0.15) is 4.99 Å². The molecule has 0 fully saturated rings. The maximum atomic E-state index is 12.4. The summed E-state index contributed by atoms with van der Waals surface area (Å²) < 4.78 is 8.20. The second-order valence-electron chi connectivity index (χ2n) is 5.64. The zero-order valence-corrected chi connectivity index (χ0v) is 14.9. The molecule has 0 saturated heterocycles. The lowest BCUT2D eigenvalue weighted by Crippen LogP contribution is -2.13. The molecule has 124 valence electrons. The molecule has 0 N–H and O–H groups in total. The Labute approximate surface area is 144 Å². The Morgan fingerprint density at radius 1 is 1.17 bits per heavy atom. The third-order valence-electron chi connectivity index (χ3n) is 3.84. The van der Waals surface area contributed by atoms with Crippen LogP contribution in [0, 0.1) is 0 Å². The van der Waals surface area contributed by atoms with Crippen LogP contribution < -0.4 is 14.4 Å². The molecule has 0 aliphatic rings. The summed E-state index contributed by atoms with van der Waals surface area (Å²) in [5, 5.41) is 0. The molecule has 0 radical (unpaired) electrons. The van der Waals surface area contributed by atoms with Crippen LogP contribution in [-0.2, 0) is 7.05 Å². The molecule has 0 aliphatic carbocycles. The molecule has 0 aliphatic heterocycles. The van der Waals surface area contributed by atoms with Gasteiger partial charge in [0.1, 0.15) is 5.75 Å². The van der Waals surface area contributed by atoms with Crippen LogP contribution in [0.15, 0.2) is 47.5 Å². The number of amides is 1. The van der Waals surface area contributed by atoms with E-state index in [0.29, 0.717) is 10.4 Å². The number of thiazole rings is 1. The van der Waals surface area contributed by atoms with Crippen molar-refractivity contribution in [3.8, 4) is 5.75 Å². The molecule has 0 bridgehead atoms. The molecular weight excluding hydrogens is 322 g/mol. The first-order chi connectivity index (χ1) is 11.5. The monoisotopic (exact) mass is 341 g/mol. The first kappa shape index (κ1) is 16.3. The summed E-state index contributed by atoms with van der Waals surface area (Å²) in [6.07, 6.45) is 0. The van der Waals surface area contributed by atoms with Gasteiger partial charge in [0.15, 0.2) is 4.80 Å². The van der Waals surface area contributed by atoms with Gasteiger partial charge in [-0.15, -0.1) is 0 Å². The Kier molecular flexibility index (Phi) is 4.40. The number of hydrogen-bond donors (Lipinski definition) is 0. The molecule has 3 aromatic rings. The highest BCUT2D eigenvalue weighted by atomic mass is 32.1. The van der Waals surface area contributed by atoms with Crippen LogP contribution in [0.4, 0.5) is 5.69 Å². The molecule has 2 aromatic carbocycles. The fraction of sp³-hybridized carbons (Fsp3) is 0.222. The fourth-order valence-corrected chi connectivity index (χ4v) is 3.45. The maximum absolute atomic E-state index is 12.4. The Hall–Kier alpha value is -2.60. The first-order valence-electron chi connectivity index (χ1n) is 7.49. The SMILES string of the molecule is COc1ccc2c(c1)sc(=NC(=O)c1ccc(N(C)C)cc1)n2C. The van der Waals surface area contributed by atoms with Gasteiger partial charge < -0.3 is 14.2 Å². The Morgan fingerprint density at radius 3 is 2.50 bits per heavy atom. The van der Waals surface area contributed by atoms with Crippen molar-refractivity contribution in [1.29, 1.82) is 0 Å². The summed E-state index contributed by atoms with van der Waals surface area (Å²) >= 11 is 1.47. The van der Waals surface area contributed by atoms with Gasteiger partial charge in [-0.3, -0.25) is 4.79 Å². The number of ether oxygens (including phenoxy) is 1. The molecule has 1 amide bonds. The summed E-state index contributed by atoms with van der Waals surface area (Å²) in [6, 6.07) is 13.3. The molecule has 0 unspecified atom stereocenters. The minimum Gasteiger partial charge on any atom is -0.497 e. The highest BCUT2D eigenvalue weighted by molar-refractivity contribution is 7.16. The van der Waals surface area contributed by atoms with E-state index in [-0.39, 0.29) is 5.91 Å². The molecule has 0 saturated carbocycles. The lowest BCUT2D eigenvalue weighted by atomic mass is 10.2. The largest absolute Gasteiger partial charge is 0.497 e. The van der Waals surface area contributed by atoms with E-state index in [1.165, 1.54) is 11.3 Å². The lowest BCUT2D eigenvalue weighted by Gasteiger charge is -2.11. The van der Waals surface area contributed by atoms with Crippen molar-refractivity contribution in [2.24, 2.45) is 12.0 Å². The van der Waals surface area contributed by atoms with Crippen molar-refractivity contribution in [3.63, 3.8) is 0 Å². The quantitative estimate of drug-likeness (QED) is 0.736. The van der Waals surface area contributed by atoms with Gasteiger partial charge in [0.05, 0.1) is 17.3 Å². The molecule has 3 rings (SSSR count). The number of rotatable bonds is 3. The number of aromatic nitrogens is 1. The third kappa shape index (κ3) is 3.05. The van der Waals surface area contributed by atoms with E-state index in [4.69, 9.17) is 4.74 Å². The third-order valence-corrected chi connectivity index (χ3v) is 4.94. The van der Waals surface area contributed by atoms with Crippen LogP contribution in [0.5, 0.6) is 5.75 Å². The van der Waals surface area contributed by atoms with Gasteiger partial charge in [0.25, 0.3) is 5.91 Å². The number of benzene rings is 2. The van der Waals surface area contributed by atoms with Crippen molar-refractivity contribution in [2.75, 3.05) is 26.1 Å². The van der Waals surface area contributed by atoms with Gasteiger partial charge >= 0.3 is 0 Å². The molecule has 6 heteroatoms. The summed E-state index contributed by atoms with van der Waals surface area (Å²) in [7, 11) is 7.48. The number of hydrogen-bond acceptors (Lipinski definition) is 4. The molecule has 24 heavy (non-hydrogen) atoms. The summed E-state index contributed by atoms with van der Waals surface area (Å²) in [6.45, 7) is 0. The molecule has 1 aromatic heterocycles. The van der Waals surface area contributed by atoms with E-state index in [1.807, 2.05) is 60.9 Å². The first-order valence-corrected chi connectivity index (χ1v) is 8.31. The van der Waals surface area contributed by atoms with Crippen LogP contribution >= 0.6 is 11.3 Å². The van der Waals surface area contributed by atoms with Crippen LogP contribution in [-0.4, -0.2) is 31.7 Å². The van der Waals surface area contributed by atoms with E-state index in [0.717, 1.165) is 21.7 Å². The number of methoxy groups -OCH3 is 1. The van der Waals surface area contributed by atoms with Crippen molar-refractivity contribution < 1.29 is 9.53 Å². The number of carbonyl (C=O) groups excluding carboxylic acids is 1. The molecule has 5 nitrogen and oxygen atoms in total. The lowest BCUT2D eigenvalue weighted by molar-refractivity contribution is 0.0998. The Balaban J connectivity index is 1.99. The normalized spacial score (nSPS) is 11.8. The predicted molar refractivity (Wildman–Crippen MR) is 98.0 cm³/mol. The minimum atomic E-state index is -0.241. The van der Waals surface area contributed by atoms with Gasteiger partial charge in [0.2, 0.25) is 0 Å². The highest BCUT2D eigenvalue weighted by Crippen LogP contribution is 2.22. The zero-order valence-electron chi connectivity index (χ0n) is 14.1. The topological polar surface area (TPSA) is 46.8 Å². The highest BCUT2D eigenvalue weighted by Gasteiger charge is 2.08. The Bertz CT molecular complexity index is 953. The maximum Gasteiger partial charge on any atom is 0.279 e. The second kappa shape index (κ2) is 6.49. The standard InChI is InChI=1S/C18H19N3O2S/c1-20(2)13-7-5-12(6-8-13)17(22)19-18-21(3)15-10-9-14(23-4)11-16(15)24-18/h5-11H,1-4H3. The summed E-state index contributed by atoms with van der Waals surface area (Å²) in [5.41, 5.74) is 2.65. The van der Waals surface area contributed by atoms with Gasteiger partial charge in [-0.25, -0.2) is 0 Å². The van der Waals surface area contributed by atoms with Crippen LogP contribution in [0.3, 0.4) is 0 Å². The van der Waals surface area contributed by atoms with Crippen molar-refractivity contribution >= 4 is 33.1 Å². The van der Waals surface area contributed by atoms with E-state index < -0.39 is 0 Å². The van der Waals surface area contributed by atoms with Crippen LogP contribution in [0.1, 0.15) is 10.4 Å². The molecular formula is C18H19N3O2S. The van der Waals surface area contributed by atoms with E-state index in [1.54, 1.807) is 19.2 Å². The van der Waals surface area contributed by atoms with Crippen molar-refractivity contribution in [2.45, 2.75) is 0 Å².